The highest BCUT2D eigenvalue weighted by atomic mass is 35.5. The van der Waals surface area contributed by atoms with Crippen molar-refractivity contribution in [2.45, 2.75) is 52.4 Å². The third-order valence-corrected chi connectivity index (χ3v) is 7.10. The van der Waals surface area contributed by atoms with Crippen LogP contribution in [0.25, 0.3) is 6.08 Å². The maximum Gasteiger partial charge on any atom is 0.294 e. The molecule has 0 spiro atoms. The summed E-state index contributed by atoms with van der Waals surface area (Å²) in [6.45, 7) is 9.06. The van der Waals surface area contributed by atoms with Crippen molar-refractivity contribution in [2.75, 3.05) is 29.5 Å². The molecule has 2 aromatic carbocycles. The predicted molar refractivity (Wildman–Crippen MR) is 147 cm³/mol. The largest absolute Gasteiger partial charge is 0.449 e. The number of ether oxygens (including phenoxy) is 1. The Hall–Kier alpha value is -2.44. The summed E-state index contributed by atoms with van der Waals surface area (Å²) in [5.41, 5.74) is 2.35. The first kappa shape index (κ1) is 27.2. The molecular weight excluding hydrogens is 480 g/mol. The summed E-state index contributed by atoms with van der Waals surface area (Å²) in [6, 6.07) is 13.0. The zero-order chi connectivity index (χ0) is 25.4. The van der Waals surface area contributed by atoms with Gasteiger partial charge in [0.25, 0.3) is 5.91 Å². The lowest BCUT2D eigenvalue weighted by Gasteiger charge is -2.32. The molecule has 0 saturated carbocycles. The first-order valence-corrected chi connectivity index (χ1v) is 13.7. The average molecular weight is 515 g/mol. The molecule has 0 unspecified atom stereocenters. The van der Waals surface area contributed by atoms with E-state index in [0.717, 1.165) is 29.1 Å². The van der Waals surface area contributed by atoms with Gasteiger partial charge in [-0.2, -0.15) is 11.8 Å². The molecule has 1 aliphatic heterocycles. The highest BCUT2D eigenvalue weighted by Gasteiger charge is 2.33. The Morgan fingerprint density at radius 1 is 1.11 bits per heavy atom. The van der Waals surface area contributed by atoms with E-state index in [9.17, 15) is 9.59 Å². The number of hydrogen-bond donors (Lipinski definition) is 1. The second-order valence-corrected chi connectivity index (χ2v) is 11.3. The number of carbonyl (C=O) groups excluding carboxylic acids is 2. The van der Waals surface area contributed by atoms with Crippen LogP contribution in [0.1, 0.15) is 58.1 Å². The minimum atomic E-state index is -0.344. The predicted octanol–water partition coefficient (Wildman–Crippen LogP) is 6.44. The van der Waals surface area contributed by atoms with Crippen LogP contribution in [0, 0.1) is 0 Å². The topological polar surface area (TPSA) is 58.6 Å². The van der Waals surface area contributed by atoms with Gasteiger partial charge in [0.05, 0.1) is 5.69 Å². The van der Waals surface area contributed by atoms with Crippen LogP contribution in [0.2, 0.25) is 5.02 Å². The highest BCUT2D eigenvalue weighted by Crippen LogP contribution is 2.39. The van der Waals surface area contributed by atoms with E-state index in [1.807, 2.05) is 42.1 Å². The van der Waals surface area contributed by atoms with Crippen molar-refractivity contribution in [1.29, 1.82) is 0 Å². The summed E-state index contributed by atoms with van der Waals surface area (Å²) in [5.74, 6) is 2.37. The van der Waals surface area contributed by atoms with E-state index in [4.69, 9.17) is 16.3 Å². The smallest absolute Gasteiger partial charge is 0.294 e. The summed E-state index contributed by atoms with van der Waals surface area (Å²) in [6.07, 6.45) is 5.00. The zero-order valence-electron chi connectivity index (χ0n) is 21.0. The van der Waals surface area contributed by atoms with Gasteiger partial charge in [0.15, 0.2) is 11.5 Å². The number of nitrogens with one attached hydrogen (secondary N) is 1. The fraction of sp³-hybridized carbons (Fsp3) is 0.429. The highest BCUT2D eigenvalue weighted by molar-refractivity contribution is 7.99. The minimum absolute atomic E-state index is 0.0657. The number of thioether (sulfide) groups is 1. The number of unbranched alkanes of at least 4 members (excludes halogenated alkanes) is 1. The summed E-state index contributed by atoms with van der Waals surface area (Å²) in [5, 5.41) is 3.58. The summed E-state index contributed by atoms with van der Waals surface area (Å²) in [7, 11) is 0. The van der Waals surface area contributed by atoms with Gasteiger partial charge in [0, 0.05) is 11.6 Å². The normalized spacial score (nSPS) is 14.6. The van der Waals surface area contributed by atoms with E-state index in [2.05, 4.69) is 33.0 Å². The Kier molecular flexibility index (Phi) is 9.70. The van der Waals surface area contributed by atoms with Gasteiger partial charge < -0.3 is 10.1 Å². The van der Waals surface area contributed by atoms with Crippen LogP contribution in [0.15, 0.2) is 48.2 Å². The van der Waals surface area contributed by atoms with Crippen LogP contribution in [0.3, 0.4) is 0 Å². The summed E-state index contributed by atoms with van der Waals surface area (Å²) in [4.78, 5) is 27.8. The van der Waals surface area contributed by atoms with Crippen LogP contribution in [0.5, 0.6) is 5.75 Å². The lowest BCUT2D eigenvalue weighted by atomic mass is 9.86. The Morgan fingerprint density at radius 2 is 1.83 bits per heavy atom. The number of rotatable bonds is 10. The molecule has 188 valence electrons. The van der Waals surface area contributed by atoms with Crippen LogP contribution < -0.4 is 15.0 Å². The molecule has 0 fully saturated rings. The van der Waals surface area contributed by atoms with Crippen molar-refractivity contribution in [3.05, 3.63) is 64.4 Å². The number of carbonyl (C=O) groups is 2. The van der Waals surface area contributed by atoms with Gasteiger partial charge in [-0.1, -0.05) is 63.9 Å². The van der Waals surface area contributed by atoms with Crippen LogP contribution in [-0.2, 0) is 15.0 Å². The number of hydrogen-bond acceptors (Lipinski definition) is 4. The monoisotopic (exact) mass is 514 g/mol. The number of amides is 2. The molecule has 1 N–H and O–H groups in total. The lowest BCUT2D eigenvalue weighted by Crippen LogP contribution is -2.44. The second kappa shape index (κ2) is 12.5. The quantitative estimate of drug-likeness (QED) is 0.292. The Bertz CT molecular complexity index is 1060. The van der Waals surface area contributed by atoms with Gasteiger partial charge in [-0.05, 0) is 71.2 Å². The standard InChI is InChI=1S/C28H35ClN2O3S/c1-5-6-15-35-16-7-14-30-26(32)19-31-23-18-21(28(2,3)4)10-13-24(23)34-25(27(31)33)17-20-8-11-22(29)12-9-20/h8-13,17-18H,5-7,14-16,19H2,1-4H3,(H,30,32)/b25-17+. The van der Waals surface area contributed by atoms with E-state index in [0.29, 0.717) is 23.0 Å². The van der Waals surface area contributed by atoms with Gasteiger partial charge in [-0.25, -0.2) is 0 Å². The maximum atomic E-state index is 13.5. The van der Waals surface area contributed by atoms with Crippen LogP contribution in [0.4, 0.5) is 5.69 Å². The van der Waals surface area contributed by atoms with Crippen molar-refractivity contribution in [2.24, 2.45) is 0 Å². The zero-order valence-corrected chi connectivity index (χ0v) is 22.6. The average Bonchev–Trinajstić information content (AvgIpc) is 2.81. The Balaban J connectivity index is 1.78. The van der Waals surface area contributed by atoms with E-state index in [1.165, 1.54) is 17.7 Å². The molecule has 0 saturated heterocycles. The minimum Gasteiger partial charge on any atom is -0.449 e. The van der Waals surface area contributed by atoms with Gasteiger partial charge >= 0.3 is 0 Å². The Labute approximate surface area is 218 Å². The fourth-order valence-corrected chi connectivity index (χ4v) is 4.77. The van der Waals surface area contributed by atoms with Crippen molar-refractivity contribution in [1.82, 2.24) is 5.32 Å². The summed E-state index contributed by atoms with van der Waals surface area (Å²) < 4.78 is 6.01. The number of anilines is 1. The van der Waals surface area contributed by atoms with Gasteiger partial charge in [0.1, 0.15) is 6.54 Å². The molecule has 2 amide bonds. The molecule has 0 bridgehead atoms. The molecule has 2 aromatic rings. The maximum absolute atomic E-state index is 13.5. The molecule has 0 radical (unpaired) electrons. The first-order valence-electron chi connectivity index (χ1n) is 12.1. The SMILES string of the molecule is CCCCSCCCNC(=O)CN1C(=O)/C(=C\c2ccc(Cl)cc2)Oc2ccc(C(C)(C)C)cc21. The lowest BCUT2D eigenvalue weighted by molar-refractivity contribution is -0.123. The van der Waals surface area contributed by atoms with E-state index in [-0.39, 0.29) is 29.5 Å². The molecule has 3 rings (SSSR count). The molecule has 0 aliphatic carbocycles. The number of halogens is 1. The van der Waals surface area contributed by atoms with E-state index in [1.54, 1.807) is 18.2 Å². The van der Waals surface area contributed by atoms with Crippen molar-refractivity contribution >= 4 is 46.9 Å². The van der Waals surface area contributed by atoms with E-state index >= 15 is 0 Å². The number of nitrogens with zero attached hydrogens (tertiary/aromatic N) is 1. The Morgan fingerprint density at radius 3 is 2.51 bits per heavy atom. The first-order chi connectivity index (χ1) is 16.7. The third-order valence-electron chi connectivity index (χ3n) is 5.69. The molecule has 5 nitrogen and oxygen atoms in total. The molecule has 1 aliphatic rings. The van der Waals surface area contributed by atoms with Crippen molar-refractivity contribution < 1.29 is 14.3 Å². The number of fused-ring (bicyclic) bond motifs is 1. The molecule has 35 heavy (non-hydrogen) atoms. The van der Waals surface area contributed by atoms with E-state index < -0.39 is 0 Å². The molecule has 7 heteroatoms. The number of benzene rings is 2. The van der Waals surface area contributed by atoms with Gasteiger partial charge in [-0.3, -0.25) is 14.5 Å². The second-order valence-electron chi connectivity index (χ2n) is 9.66. The molecule has 0 aromatic heterocycles. The fourth-order valence-electron chi connectivity index (χ4n) is 3.59. The molecule has 1 heterocycles. The van der Waals surface area contributed by atoms with Crippen molar-refractivity contribution in [3.8, 4) is 5.75 Å². The molecule has 0 atom stereocenters. The van der Waals surface area contributed by atoms with Crippen LogP contribution in [-0.4, -0.2) is 36.4 Å². The van der Waals surface area contributed by atoms with Crippen molar-refractivity contribution in [3.63, 3.8) is 0 Å². The molecular formula is C28H35ClN2O3S. The summed E-state index contributed by atoms with van der Waals surface area (Å²) >= 11 is 7.91. The van der Waals surface area contributed by atoms with Gasteiger partial charge in [0.2, 0.25) is 5.91 Å². The van der Waals surface area contributed by atoms with Gasteiger partial charge in [-0.15, -0.1) is 0 Å². The third kappa shape index (κ3) is 7.77. The van der Waals surface area contributed by atoms with Crippen LogP contribution >= 0.6 is 23.4 Å².